The van der Waals surface area contributed by atoms with Crippen LogP contribution in [0.5, 0.6) is 0 Å². The van der Waals surface area contributed by atoms with Gasteiger partial charge in [-0.3, -0.25) is 9.59 Å². The lowest BCUT2D eigenvalue weighted by Crippen LogP contribution is -2.42. The van der Waals surface area contributed by atoms with Crippen LogP contribution in [0.15, 0.2) is 18.2 Å². The summed E-state index contributed by atoms with van der Waals surface area (Å²) in [5, 5.41) is 11.8. The van der Waals surface area contributed by atoms with E-state index >= 15 is 0 Å². The van der Waals surface area contributed by atoms with Crippen molar-refractivity contribution in [3.8, 4) is 0 Å². The first-order chi connectivity index (χ1) is 9.38. The number of halogens is 1. The van der Waals surface area contributed by atoms with Gasteiger partial charge in [-0.1, -0.05) is 26.0 Å². The van der Waals surface area contributed by atoms with E-state index in [2.05, 4.69) is 5.32 Å². The molecule has 0 aliphatic heterocycles. The number of aryl methyl sites for hydroxylation is 1. The summed E-state index contributed by atoms with van der Waals surface area (Å²) < 4.78 is 13.8. The fraction of sp³-hybridized carbons (Fsp3) is 0.467. The van der Waals surface area contributed by atoms with Crippen molar-refractivity contribution in [2.45, 2.75) is 33.6 Å². The minimum atomic E-state index is -1.00. The van der Waals surface area contributed by atoms with Gasteiger partial charge in [-0.15, -0.1) is 0 Å². The molecule has 1 amide bonds. The van der Waals surface area contributed by atoms with Crippen LogP contribution in [0.3, 0.4) is 0 Å². The summed E-state index contributed by atoms with van der Waals surface area (Å²) in [6.07, 6.45) is 0.796. The Morgan fingerprint density at radius 3 is 2.40 bits per heavy atom. The van der Waals surface area contributed by atoms with Crippen molar-refractivity contribution in [2.24, 2.45) is 5.41 Å². The van der Waals surface area contributed by atoms with Gasteiger partial charge in [-0.05, 0) is 31.4 Å². The van der Waals surface area contributed by atoms with Crippen LogP contribution in [-0.4, -0.2) is 23.5 Å². The number of nitrogens with one attached hydrogen (secondary N) is 1. The molecule has 0 unspecified atom stereocenters. The molecule has 110 valence electrons. The monoisotopic (exact) mass is 281 g/mol. The molecule has 0 radical (unpaired) electrons. The fourth-order valence-corrected chi connectivity index (χ4v) is 2.05. The number of aliphatic carboxylic acids is 1. The molecule has 1 aromatic carbocycles. The molecular formula is C15H20FNO3. The second kappa shape index (κ2) is 6.50. The SMILES string of the molecule is CCC(CC)(CNC(=O)c1cccc(C)c1F)C(=O)O. The van der Waals surface area contributed by atoms with Crippen LogP contribution >= 0.6 is 0 Å². The molecule has 0 fully saturated rings. The minimum absolute atomic E-state index is 0.0124. The zero-order valence-electron chi connectivity index (χ0n) is 12.0. The Morgan fingerprint density at radius 2 is 1.90 bits per heavy atom. The normalized spacial score (nSPS) is 11.2. The summed E-state index contributed by atoms with van der Waals surface area (Å²) in [7, 11) is 0. The highest BCUT2D eigenvalue weighted by Crippen LogP contribution is 2.26. The van der Waals surface area contributed by atoms with E-state index in [0.717, 1.165) is 0 Å². The maximum absolute atomic E-state index is 13.8. The third kappa shape index (κ3) is 3.15. The number of carboxylic acids is 1. The van der Waals surface area contributed by atoms with Crippen LogP contribution in [0.1, 0.15) is 42.6 Å². The van der Waals surface area contributed by atoms with Gasteiger partial charge in [-0.2, -0.15) is 0 Å². The van der Waals surface area contributed by atoms with E-state index in [-0.39, 0.29) is 12.1 Å². The third-order valence-corrected chi connectivity index (χ3v) is 3.83. The van der Waals surface area contributed by atoms with Gasteiger partial charge in [0.25, 0.3) is 5.91 Å². The number of hydrogen-bond donors (Lipinski definition) is 2. The molecule has 0 bridgehead atoms. The topological polar surface area (TPSA) is 66.4 Å². The average Bonchev–Trinajstić information content (AvgIpc) is 2.43. The smallest absolute Gasteiger partial charge is 0.311 e. The highest BCUT2D eigenvalue weighted by Gasteiger charge is 2.35. The van der Waals surface area contributed by atoms with Crippen LogP contribution in [-0.2, 0) is 4.79 Å². The quantitative estimate of drug-likeness (QED) is 0.842. The molecule has 0 spiro atoms. The van der Waals surface area contributed by atoms with Gasteiger partial charge in [-0.25, -0.2) is 4.39 Å². The van der Waals surface area contributed by atoms with Crippen molar-refractivity contribution in [2.75, 3.05) is 6.54 Å². The molecule has 5 heteroatoms. The van der Waals surface area contributed by atoms with E-state index in [4.69, 9.17) is 0 Å². The molecule has 1 aromatic rings. The first-order valence-corrected chi connectivity index (χ1v) is 6.64. The summed E-state index contributed by atoms with van der Waals surface area (Å²) in [4.78, 5) is 23.3. The summed E-state index contributed by atoms with van der Waals surface area (Å²) >= 11 is 0. The molecule has 0 aliphatic rings. The standard InChI is InChI=1S/C15H20FNO3/c1-4-15(5-2,14(19)20)9-17-13(18)11-8-6-7-10(3)12(11)16/h6-8H,4-5,9H2,1-3H3,(H,17,18)(H,19,20). The van der Waals surface area contributed by atoms with Gasteiger partial charge in [0.05, 0.1) is 11.0 Å². The van der Waals surface area contributed by atoms with Crippen molar-refractivity contribution in [3.05, 3.63) is 35.1 Å². The molecular weight excluding hydrogens is 261 g/mol. The molecule has 0 aliphatic carbocycles. The third-order valence-electron chi connectivity index (χ3n) is 3.83. The van der Waals surface area contributed by atoms with E-state index < -0.39 is 23.1 Å². The lowest BCUT2D eigenvalue weighted by Gasteiger charge is -2.26. The zero-order chi connectivity index (χ0) is 15.3. The first-order valence-electron chi connectivity index (χ1n) is 6.64. The second-order valence-electron chi connectivity index (χ2n) is 4.91. The molecule has 20 heavy (non-hydrogen) atoms. The largest absolute Gasteiger partial charge is 0.481 e. The van der Waals surface area contributed by atoms with Crippen molar-refractivity contribution in [1.82, 2.24) is 5.32 Å². The highest BCUT2D eigenvalue weighted by molar-refractivity contribution is 5.95. The Labute approximate surface area is 118 Å². The molecule has 2 N–H and O–H groups in total. The second-order valence-corrected chi connectivity index (χ2v) is 4.91. The van der Waals surface area contributed by atoms with Crippen molar-refractivity contribution < 1.29 is 19.1 Å². The van der Waals surface area contributed by atoms with E-state index in [1.165, 1.54) is 6.07 Å². The Morgan fingerprint density at radius 1 is 1.30 bits per heavy atom. The average molecular weight is 281 g/mol. The predicted octanol–water partition coefficient (Wildman–Crippen LogP) is 2.75. The number of benzene rings is 1. The number of carboxylic acid groups (broad SMARTS) is 1. The summed E-state index contributed by atoms with van der Waals surface area (Å²) in [6, 6.07) is 4.56. The van der Waals surface area contributed by atoms with Gasteiger partial charge in [0.2, 0.25) is 0 Å². The lowest BCUT2D eigenvalue weighted by molar-refractivity contribution is -0.149. The van der Waals surface area contributed by atoms with Crippen LogP contribution in [0.4, 0.5) is 4.39 Å². The van der Waals surface area contributed by atoms with Gasteiger partial charge < -0.3 is 10.4 Å². The Balaban J connectivity index is 2.86. The van der Waals surface area contributed by atoms with Crippen molar-refractivity contribution >= 4 is 11.9 Å². The van der Waals surface area contributed by atoms with Crippen LogP contribution in [0.25, 0.3) is 0 Å². The molecule has 0 saturated heterocycles. The molecule has 1 rings (SSSR count). The fourth-order valence-electron chi connectivity index (χ4n) is 2.05. The van der Waals surface area contributed by atoms with E-state index in [9.17, 15) is 19.1 Å². The Hall–Kier alpha value is -1.91. The summed E-state index contributed by atoms with van der Waals surface area (Å²) in [5.41, 5.74) is -0.680. The van der Waals surface area contributed by atoms with E-state index in [1.54, 1.807) is 32.9 Å². The molecule has 0 aromatic heterocycles. The number of carbonyl (C=O) groups is 2. The maximum atomic E-state index is 13.8. The van der Waals surface area contributed by atoms with Crippen molar-refractivity contribution in [3.63, 3.8) is 0 Å². The Kier molecular flexibility index (Phi) is 5.25. The van der Waals surface area contributed by atoms with Gasteiger partial charge in [0, 0.05) is 6.54 Å². The molecule has 0 saturated carbocycles. The first kappa shape index (κ1) is 16.1. The van der Waals surface area contributed by atoms with Crippen LogP contribution in [0.2, 0.25) is 0 Å². The van der Waals surface area contributed by atoms with Gasteiger partial charge in [0.15, 0.2) is 0 Å². The Bertz CT molecular complexity index is 510. The number of hydrogen-bond acceptors (Lipinski definition) is 2. The highest BCUT2D eigenvalue weighted by atomic mass is 19.1. The predicted molar refractivity (Wildman–Crippen MR) is 74.1 cm³/mol. The van der Waals surface area contributed by atoms with Gasteiger partial charge in [0.1, 0.15) is 5.82 Å². The molecule has 0 atom stereocenters. The number of amides is 1. The van der Waals surface area contributed by atoms with Crippen LogP contribution in [0, 0.1) is 18.2 Å². The summed E-state index contributed by atoms with van der Waals surface area (Å²) in [5.74, 6) is -2.11. The number of carbonyl (C=O) groups excluding carboxylic acids is 1. The van der Waals surface area contributed by atoms with E-state index in [1.807, 2.05) is 0 Å². The molecule has 4 nitrogen and oxygen atoms in total. The number of rotatable bonds is 6. The maximum Gasteiger partial charge on any atom is 0.311 e. The summed E-state index contributed by atoms with van der Waals surface area (Å²) in [6.45, 7) is 5.08. The lowest BCUT2D eigenvalue weighted by atomic mass is 9.82. The van der Waals surface area contributed by atoms with Crippen molar-refractivity contribution in [1.29, 1.82) is 0 Å². The zero-order valence-corrected chi connectivity index (χ0v) is 12.0. The van der Waals surface area contributed by atoms with E-state index in [0.29, 0.717) is 18.4 Å². The minimum Gasteiger partial charge on any atom is -0.481 e. The molecule has 0 heterocycles. The van der Waals surface area contributed by atoms with Crippen LogP contribution < -0.4 is 5.32 Å². The van der Waals surface area contributed by atoms with Gasteiger partial charge >= 0.3 is 5.97 Å².